The van der Waals surface area contributed by atoms with E-state index in [0.717, 1.165) is 24.2 Å². The van der Waals surface area contributed by atoms with Crippen molar-refractivity contribution in [1.82, 2.24) is 19.2 Å². The summed E-state index contributed by atoms with van der Waals surface area (Å²) in [6, 6.07) is 35.2. The molecule has 1 aromatic heterocycles. The molecule has 0 radical (unpaired) electrons. The van der Waals surface area contributed by atoms with E-state index in [2.05, 4.69) is 62.8 Å². The second-order valence-corrected chi connectivity index (χ2v) is 11.1. The zero-order valence-corrected chi connectivity index (χ0v) is 23.9. The first kappa shape index (κ1) is 27.8. The smallest absolute Gasteiger partial charge is 0.298 e. The third-order valence-corrected chi connectivity index (χ3v) is 8.10. The van der Waals surface area contributed by atoms with E-state index in [4.69, 9.17) is 4.74 Å². The Morgan fingerprint density at radius 1 is 0.786 bits per heavy atom. The highest BCUT2D eigenvalue weighted by molar-refractivity contribution is 7.07. The number of carbonyl (C=O) groups is 1. The van der Waals surface area contributed by atoms with Gasteiger partial charge >= 0.3 is 0 Å². The number of amides is 1. The lowest BCUT2D eigenvalue weighted by Gasteiger charge is -2.40. The first-order valence-electron chi connectivity index (χ1n) is 14.1. The van der Waals surface area contributed by atoms with E-state index < -0.39 is 0 Å². The summed E-state index contributed by atoms with van der Waals surface area (Å²) in [6.45, 7) is 3.04. The summed E-state index contributed by atoms with van der Waals surface area (Å²) >= 11 is 1.18. The molecule has 0 saturated carbocycles. The number of halogens is 1. The number of hydrogen-bond donors (Lipinski definition) is 0. The van der Waals surface area contributed by atoms with Crippen LogP contribution in [-0.4, -0.2) is 51.2 Å². The monoisotopic (exact) mass is 578 g/mol. The Balaban J connectivity index is 1.02. The van der Waals surface area contributed by atoms with Gasteiger partial charge in [-0.1, -0.05) is 84.9 Å². The quantitative estimate of drug-likeness (QED) is 0.199. The van der Waals surface area contributed by atoms with Crippen molar-refractivity contribution >= 4 is 17.4 Å². The summed E-state index contributed by atoms with van der Waals surface area (Å²) < 4.78 is 23.4. The maximum absolute atomic E-state index is 13.2. The number of ether oxygens (including phenoxy) is 1. The van der Waals surface area contributed by atoms with Gasteiger partial charge in [-0.25, -0.2) is 4.39 Å². The van der Waals surface area contributed by atoms with Crippen LogP contribution in [-0.2, 0) is 17.6 Å². The second kappa shape index (κ2) is 13.1. The third-order valence-electron chi connectivity index (χ3n) is 7.47. The molecule has 42 heavy (non-hydrogen) atoms. The number of hydrogen-bond acceptors (Lipinski definition) is 6. The Morgan fingerprint density at radius 2 is 1.38 bits per heavy atom. The SMILES string of the molecule is O=C(Cc1ccc(Oc2nc(Cc3ccc(F)cc3)ns2)cc1)N1CCN(C(c2ccccc2)c2ccccc2)CC1. The fourth-order valence-electron chi connectivity index (χ4n) is 5.31. The lowest BCUT2D eigenvalue weighted by molar-refractivity contribution is -0.132. The molecule has 0 N–H and O–H groups in total. The lowest BCUT2D eigenvalue weighted by atomic mass is 9.96. The fraction of sp³-hybridized carbons (Fsp3) is 0.206. The number of nitrogens with zero attached hydrogens (tertiary/aromatic N) is 4. The van der Waals surface area contributed by atoms with Gasteiger partial charge in [-0.15, -0.1) is 0 Å². The Labute approximate surface area is 249 Å². The summed E-state index contributed by atoms with van der Waals surface area (Å²) in [5.74, 6) is 1.13. The molecule has 0 bridgehead atoms. The summed E-state index contributed by atoms with van der Waals surface area (Å²) in [5, 5.41) is 0.443. The topological polar surface area (TPSA) is 58.6 Å². The van der Waals surface area contributed by atoms with E-state index in [0.29, 0.717) is 42.7 Å². The van der Waals surface area contributed by atoms with Gasteiger partial charge in [0.1, 0.15) is 11.6 Å². The molecule has 6 rings (SSSR count). The van der Waals surface area contributed by atoms with E-state index >= 15 is 0 Å². The van der Waals surface area contributed by atoms with Crippen LogP contribution in [0.1, 0.15) is 34.1 Å². The predicted molar refractivity (Wildman–Crippen MR) is 162 cm³/mol. The molecular formula is C34H31FN4O2S. The minimum absolute atomic E-state index is 0.133. The van der Waals surface area contributed by atoms with Crippen molar-refractivity contribution in [2.45, 2.75) is 18.9 Å². The van der Waals surface area contributed by atoms with Crippen LogP contribution in [0, 0.1) is 5.82 Å². The molecule has 1 fully saturated rings. The Kier molecular flexibility index (Phi) is 8.63. The number of carbonyl (C=O) groups excluding carboxylic acids is 1. The van der Waals surface area contributed by atoms with E-state index in [-0.39, 0.29) is 17.8 Å². The van der Waals surface area contributed by atoms with Crippen molar-refractivity contribution in [3.63, 3.8) is 0 Å². The number of benzene rings is 4. The maximum atomic E-state index is 13.2. The normalized spacial score (nSPS) is 13.8. The molecule has 1 aliphatic heterocycles. The summed E-state index contributed by atoms with van der Waals surface area (Å²) in [5.41, 5.74) is 4.41. The molecule has 1 aliphatic rings. The average molecular weight is 579 g/mol. The average Bonchev–Trinajstić information content (AvgIpc) is 3.47. The first-order valence-corrected chi connectivity index (χ1v) is 14.8. The van der Waals surface area contributed by atoms with Crippen LogP contribution in [0.25, 0.3) is 0 Å². The van der Waals surface area contributed by atoms with Crippen molar-refractivity contribution in [2.75, 3.05) is 26.2 Å². The molecule has 212 valence electrons. The van der Waals surface area contributed by atoms with Crippen molar-refractivity contribution in [1.29, 1.82) is 0 Å². The van der Waals surface area contributed by atoms with Gasteiger partial charge in [0, 0.05) is 44.1 Å². The highest BCUT2D eigenvalue weighted by Crippen LogP contribution is 2.30. The fourth-order valence-corrected chi connectivity index (χ4v) is 5.88. The van der Waals surface area contributed by atoms with Crippen molar-refractivity contribution in [3.8, 4) is 10.9 Å². The molecule has 5 aromatic rings. The van der Waals surface area contributed by atoms with Gasteiger partial charge in [0.05, 0.1) is 12.5 Å². The molecule has 1 amide bonds. The highest BCUT2D eigenvalue weighted by atomic mass is 32.1. The summed E-state index contributed by atoms with van der Waals surface area (Å²) in [6.07, 6.45) is 0.857. The van der Waals surface area contributed by atoms with Crippen LogP contribution < -0.4 is 4.74 Å². The summed E-state index contributed by atoms with van der Waals surface area (Å²) in [4.78, 5) is 22.1. The highest BCUT2D eigenvalue weighted by Gasteiger charge is 2.28. The number of piperazine rings is 1. The Hall–Kier alpha value is -4.40. The molecule has 0 aliphatic carbocycles. The lowest BCUT2D eigenvalue weighted by Crippen LogP contribution is -2.50. The molecule has 0 spiro atoms. The van der Waals surface area contributed by atoms with E-state index in [1.165, 1.54) is 34.8 Å². The van der Waals surface area contributed by atoms with Crippen LogP contribution in [0.5, 0.6) is 10.9 Å². The van der Waals surface area contributed by atoms with E-state index in [1.807, 2.05) is 41.3 Å². The van der Waals surface area contributed by atoms with Gasteiger partial charge in [-0.3, -0.25) is 9.69 Å². The van der Waals surface area contributed by atoms with Crippen LogP contribution in [0.3, 0.4) is 0 Å². The first-order chi connectivity index (χ1) is 20.6. The zero-order chi connectivity index (χ0) is 28.7. The Bertz CT molecular complexity index is 1550. The number of aromatic nitrogens is 2. The predicted octanol–water partition coefficient (Wildman–Crippen LogP) is 6.54. The van der Waals surface area contributed by atoms with E-state index in [1.54, 1.807) is 12.1 Å². The van der Waals surface area contributed by atoms with Gasteiger partial charge in [0.25, 0.3) is 5.19 Å². The standard InChI is InChI=1S/C34H31FN4O2S/c35-29-15-11-25(12-16-29)23-31-36-34(42-37-31)41-30-17-13-26(14-18-30)24-32(40)38-19-21-39(22-20-38)33(27-7-3-1-4-8-27)28-9-5-2-6-10-28/h1-18,33H,19-24H2. The van der Waals surface area contributed by atoms with Gasteiger partial charge in [0.15, 0.2) is 5.82 Å². The van der Waals surface area contributed by atoms with Gasteiger partial charge in [0.2, 0.25) is 5.91 Å². The van der Waals surface area contributed by atoms with Gasteiger partial charge in [-0.05, 0) is 46.5 Å². The summed E-state index contributed by atoms with van der Waals surface area (Å²) in [7, 11) is 0. The third kappa shape index (κ3) is 6.90. The molecule has 4 aromatic carbocycles. The van der Waals surface area contributed by atoms with Crippen molar-refractivity contribution in [3.05, 3.63) is 143 Å². The minimum Gasteiger partial charge on any atom is -0.430 e. The van der Waals surface area contributed by atoms with E-state index in [9.17, 15) is 9.18 Å². The van der Waals surface area contributed by atoms with Crippen LogP contribution >= 0.6 is 11.5 Å². The second-order valence-electron chi connectivity index (χ2n) is 10.3. The maximum Gasteiger partial charge on any atom is 0.298 e. The van der Waals surface area contributed by atoms with Crippen LogP contribution in [0.15, 0.2) is 109 Å². The molecule has 6 nitrogen and oxygen atoms in total. The largest absolute Gasteiger partial charge is 0.430 e. The minimum atomic E-state index is -0.266. The molecule has 8 heteroatoms. The molecular weight excluding hydrogens is 547 g/mol. The molecule has 0 atom stereocenters. The number of rotatable bonds is 9. The van der Waals surface area contributed by atoms with Gasteiger partial charge in [-0.2, -0.15) is 9.36 Å². The van der Waals surface area contributed by atoms with Crippen LogP contribution in [0.2, 0.25) is 0 Å². The molecule has 1 saturated heterocycles. The van der Waals surface area contributed by atoms with Crippen LogP contribution in [0.4, 0.5) is 4.39 Å². The molecule has 0 unspecified atom stereocenters. The van der Waals surface area contributed by atoms with Crippen molar-refractivity contribution < 1.29 is 13.9 Å². The Morgan fingerprint density at radius 3 is 2.00 bits per heavy atom. The zero-order valence-electron chi connectivity index (χ0n) is 23.1. The molecule has 2 heterocycles. The van der Waals surface area contributed by atoms with Gasteiger partial charge < -0.3 is 9.64 Å². The van der Waals surface area contributed by atoms with Crippen molar-refractivity contribution in [2.24, 2.45) is 0 Å².